The molecule has 2 heterocycles. The Morgan fingerprint density at radius 2 is 2.03 bits per heavy atom. The third-order valence-corrected chi connectivity index (χ3v) is 8.44. The lowest BCUT2D eigenvalue weighted by Gasteiger charge is -2.28. The molecule has 0 aromatic carbocycles. The molecule has 3 unspecified atom stereocenters. The van der Waals surface area contributed by atoms with Crippen LogP contribution in [0.25, 0.3) is 0 Å². The topological polar surface area (TPSA) is 115 Å². The highest BCUT2D eigenvalue weighted by Crippen LogP contribution is 2.65. The van der Waals surface area contributed by atoms with Crippen molar-refractivity contribution in [2.45, 2.75) is 68.1 Å². The van der Waals surface area contributed by atoms with E-state index in [9.17, 15) is 36.2 Å². The zero-order valence-corrected chi connectivity index (χ0v) is 20.0. The van der Waals surface area contributed by atoms with Crippen molar-refractivity contribution in [3.8, 4) is 0 Å². The van der Waals surface area contributed by atoms with Crippen LogP contribution in [-0.4, -0.2) is 32.1 Å². The number of pyridine rings is 1. The average Bonchev–Trinajstić information content (AvgIpc) is 3.65. The quantitative estimate of drug-likeness (QED) is 0.323. The highest BCUT2D eigenvalue weighted by molar-refractivity contribution is 7.91. The largest absolute Gasteiger partial charge is 0.618 e. The number of fused-ring (bicyclic) bond motifs is 1. The molecular formula is C22H24F5N5O3S. The van der Waals surface area contributed by atoms with Crippen LogP contribution in [0.3, 0.4) is 0 Å². The van der Waals surface area contributed by atoms with Crippen LogP contribution in [0, 0.1) is 21.3 Å². The lowest BCUT2D eigenvalue weighted by atomic mass is 9.86. The normalized spacial score (nSPS) is 26.7. The lowest BCUT2D eigenvalue weighted by molar-refractivity contribution is -0.646. The molecular weight excluding hydrogens is 509 g/mol. The Morgan fingerprint density at radius 3 is 2.61 bits per heavy atom. The second kappa shape index (κ2) is 7.86. The summed E-state index contributed by atoms with van der Waals surface area (Å²) in [6.07, 6.45) is -2.11. The summed E-state index contributed by atoms with van der Waals surface area (Å²) in [7, 11) is -3.49. The Bertz CT molecular complexity index is 1350. The first kappa shape index (κ1) is 24.9. The number of aromatic nitrogens is 3. The summed E-state index contributed by atoms with van der Waals surface area (Å²) in [6.45, 7) is -0.0810. The minimum Gasteiger partial charge on any atom is -0.618 e. The maximum absolute atomic E-state index is 14.2. The summed E-state index contributed by atoms with van der Waals surface area (Å²) in [5, 5.41) is 17.9. The van der Waals surface area contributed by atoms with Crippen molar-refractivity contribution >= 4 is 21.3 Å². The van der Waals surface area contributed by atoms with E-state index in [1.165, 1.54) is 0 Å². The van der Waals surface area contributed by atoms with Crippen molar-refractivity contribution in [3.63, 3.8) is 0 Å². The summed E-state index contributed by atoms with van der Waals surface area (Å²) in [5.74, 6) is -4.73. The molecule has 0 spiro atoms. The van der Waals surface area contributed by atoms with Gasteiger partial charge >= 0.3 is 6.18 Å². The molecule has 0 radical (unpaired) electrons. The van der Waals surface area contributed by atoms with Gasteiger partial charge in [0, 0.05) is 43.7 Å². The van der Waals surface area contributed by atoms with Gasteiger partial charge in [0.25, 0.3) is 10.9 Å². The maximum atomic E-state index is 14.2. The Kier molecular flexibility index (Phi) is 5.44. The second-order valence-electron chi connectivity index (χ2n) is 10.2. The van der Waals surface area contributed by atoms with Gasteiger partial charge in [0.2, 0.25) is 5.92 Å². The predicted molar refractivity (Wildman–Crippen MR) is 117 cm³/mol. The van der Waals surface area contributed by atoms with Crippen LogP contribution in [0.2, 0.25) is 0 Å². The van der Waals surface area contributed by atoms with Gasteiger partial charge in [0.05, 0.1) is 11.4 Å². The maximum Gasteiger partial charge on any atom is 0.420 e. The molecule has 36 heavy (non-hydrogen) atoms. The Morgan fingerprint density at radius 1 is 1.33 bits per heavy atom. The van der Waals surface area contributed by atoms with Crippen molar-refractivity contribution in [3.05, 3.63) is 40.5 Å². The Labute approximate surface area is 203 Å². The summed E-state index contributed by atoms with van der Waals surface area (Å²) in [6, 6.07) is 2.10. The van der Waals surface area contributed by atoms with Gasteiger partial charge in [-0.2, -0.15) is 23.0 Å². The van der Waals surface area contributed by atoms with Crippen LogP contribution in [-0.2, 0) is 22.5 Å². The van der Waals surface area contributed by atoms with Crippen molar-refractivity contribution in [1.29, 1.82) is 4.78 Å². The van der Waals surface area contributed by atoms with Gasteiger partial charge in [-0.3, -0.25) is 9.48 Å². The number of amides is 1. The number of hydrogen-bond acceptors (Lipinski definition) is 5. The molecule has 3 saturated carbocycles. The molecule has 0 bridgehead atoms. The minimum atomic E-state index is -4.89. The number of halogens is 5. The second-order valence-corrected chi connectivity index (χ2v) is 12.3. The van der Waals surface area contributed by atoms with E-state index >= 15 is 0 Å². The van der Waals surface area contributed by atoms with E-state index in [0.29, 0.717) is 19.3 Å². The smallest absolute Gasteiger partial charge is 0.420 e. The van der Waals surface area contributed by atoms with Crippen LogP contribution in [0.5, 0.6) is 0 Å². The molecule has 3 atom stereocenters. The molecule has 14 heteroatoms. The number of nitrogens with zero attached hydrogens (tertiary/aromatic N) is 3. The number of hydrogen-bond donors (Lipinski definition) is 2. The first-order valence-electron chi connectivity index (χ1n) is 11.4. The van der Waals surface area contributed by atoms with Gasteiger partial charge in [-0.05, 0) is 37.0 Å². The van der Waals surface area contributed by atoms with Crippen LogP contribution < -0.4 is 10.0 Å². The van der Waals surface area contributed by atoms with E-state index in [4.69, 9.17) is 4.78 Å². The summed E-state index contributed by atoms with van der Waals surface area (Å²) >= 11 is 0. The number of nitrogens with one attached hydrogen (secondary N) is 2. The van der Waals surface area contributed by atoms with E-state index in [1.54, 1.807) is 0 Å². The van der Waals surface area contributed by atoms with Gasteiger partial charge in [-0.25, -0.2) is 17.8 Å². The fourth-order valence-corrected chi connectivity index (χ4v) is 6.01. The average molecular weight is 534 g/mol. The molecule has 3 fully saturated rings. The number of carbonyl (C=O) groups is 1. The monoisotopic (exact) mass is 533 g/mol. The first-order valence-corrected chi connectivity index (χ1v) is 13.4. The third-order valence-electron chi connectivity index (χ3n) is 7.34. The number of alkyl halides is 5. The molecule has 2 aromatic rings. The molecule has 2 N–H and O–H groups in total. The zero-order valence-electron chi connectivity index (χ0n) is 19.2. The molecule has 196 valence electrons. The van der Waals surface area contributed by atoms with Crippen LogP contribution >= 0.6 is 0 Å². The molecule has 0 aliphatic heterocycles. The molecule has 0 saturated heterocycles. The van der Waals surface area contributed by atoms with Crippen LogP contribution in [0.1, 0.15) is 66.2 Å². The van der Waals surface area contributed by atoms with Crippen molar-refractivity contribution in [2.24, 2.45) is 11.3 Å². The minimum absolute atomic E-state index is 0.0810. The molecule has 5 rings (SSSR count). The Hall–Kier alpha value is -2.77. The van der Waals surface area contributed by atoms with Gasteiger partial charge in [0.15, 0.2) is 6.20 Å². The van der Waals surface area contributed by atoms with Gasteiger partial charge in [-0.1, -0.05) is 0 Å². The summed E-state index contributed by atoms with van der Waals surface area (Å²) < 4.78 is 91.3. The molecule has 3 aliphatic carbocycles. The van der Waals surface area contributed by atoms with E-state index in [0.717, 1.165) is 29.3 Å². The van der Waals surface area contributed by atoms with Crippen LogP contribution in [0.15, 0.2) is 23.4 Å². The molecule has 2 aromatic heterocycles. The molecule has 1 amide bonds. The molecule has 8 nitrogen and oxygen atoms in total. The fourth-order valence-electron chi connectivity index (χ4n) is 5.26. The standard InChI is InChI=1S/C22H24F5N5O3S/c1-36(28,35)15-8-14(4-7-32(15)34)29-19(33)18-16(22(25,26)27)17(12-2-3-12)30-31(18)11-20-5-6-21(23,24)10-13(20)9-20/h4,7-8,12-13,28H,2-3,5-6,9-11H2,1H3,(H,29,33). The Balaban J connectivity index is 1.53. The van der Waals surface area contributed by atoms with Gasteiger partial charge in [-0.15, -0.1) is 0 Å². The van der Waals surface area contributed by atoms with E-state index in [2.05, 4.69) is 10.4 Å². The van der Waals surface area contributed by atoms with E-state index in [-0.39, 0.29) is 47.8 Å². The number of carbonyl (C=O) groups excluding carboxylic acids is 1. The van der Waals surface area contributed by atoms with Crippen LogP contribution in [0.4, 0.5) is 27.6 Å². The summed E-state index contributed by atoms with van der Waals surface area (Å²) in [4.78, 5) is 13.3. The zero-order chi connectivity index (χ0) is 26.3. The highest BCUT2D eigenvalue weighted by Gasteiger charge is 2.61. The highest BCUT2D eigenvalue weighted by atomic mass is 32.2. The summed E-state index contributed by atoms with van der Waals surface area (Å²) in [5.41, 5.74) is -2.83. The third kappa shape index (κ3) is 4.55. The van der Waals surface area contributed by atoms with Crippen molar-refractivity contribution in [2.75, 3.05) is 11.6 Å². The predicted octanol–water partition coefficient (Wildman–Crippen LogP) is 4.53. The van der Waals surface area contributed by atoms with E-state index in [1.807, 2.05) is 0 Å². The SMILES string of the molecule is CS(=N)(=O)c1cc(NC(=O)c2c(C(F)(F)F)c(C3CC3)nn2CC23CCC(F)(F)CC2C3)cc[n+]1[O-]. The fraction of sp³-hybridized carbons (Fsp3) is 0.591. The van der Waals surface area contributed by atoms with Gasteiger partial charge in [0.1, 0.15) is 21.0 Å². The van der Waals surface area contributed by atoms with Crippen molar-refractivity contribution in [1.82, 2.24) is 9.78 Å². The van der Waals surface area contributed by atoms with E-state index < -0.39 is 55.4 Å². The first-order chi connectivity index (χ1) is 16.6. The number of anilines is 1. The van der Waals surface area contributed by atoms with Crippen molar-refractivity contribution < 1.29 is 35.7 Å². The number of rotatable bonds is 6. The molecule has 3 aliphatic rings. The van der Waals surface area contributed by atoms with Gasteiger partial charge < -0.3 is 10.5 Å². The lowest BCUT2D eigenvalue weighted by Crippen LogP contribution is -2.33.